The molecule has 0 unspecified atom stereocenters. The number of hydrogen-bond donors (Lipinski definition) is 2. The number of benzene rings is 1. The lowest BCUT2D eigenvalue weighted by atomic mass is 9.77. The number of anilines is 1. The Hall–Kier alpha value is -1.71. The van der Waals surface area contributed by atoms with E-state index >= 15 is 0 Å². The summed E-state index contributed by atoms with van der Waals surface area (Å²) >= 11 is 0. The fourth-order valence-corrected chi connectivity index (χ4v) is 4.42. The van der Waals surface area contributed by atoms with Crippen LogP contribution in [0.25, 0.3) is 0 Å². The van der Waals surface area contributed by atoms with Gasteiger partial charge in [-0.1, -0.05) is 25.7 Å². The number of carbonyl (C=O) groups is 1. The van der Waals surface area contributed by atoms with E-state index in [9.17, 15) is 14.2 Å². The van der Waals surface area contributed by atoms with Gasteiger partial charge in [0.05, 0.1) is 8.07 Å². The third-order valence-corrected chi connectivity index (χ3v) is 6.34. The van der Waals surface area contributed by atoms with Gasteiger partial charge in [0.2, 0.25) is 0 Å². The largest absolute Gasteiger partial charge is 0.437 e. The van der Waals surface area contributed by atoms with Crippen LogP contribution in [0.3, 0.4) is 0 Å². The van der Waals surface area contributed by atoms with Crippen molar-refractivity contribution in [1.29, 1.82) is 0 Å². The smallest absolute Gasteiger partial charge is 0.376 e. The number of amides is 2. The zero-order valence-corrected chi connectivity index (χ0v) is 17.5. The Bertz CT molecular complexity index is 745. The van der Waals surface area contributed by atoms with Gasteiger partial charge >= 0.3 is 13.1 Å². The maximum absolute atomic E-state index is 13.8. The molecule has 1 aromatic rings. The SMILES string of the molecule is CB(O)N1CCC2(CC1)/C(=N/C[Si](C)(C)C)NC(=O)N2c1cccc(F)c1. The quantitative estimate of drug-likeness (QED) is 0.777. The van der Waals surface area contributed by atoms with E-state index in [0.717, 1.165) is 6.17 Å². The minimum atomic E-state index is -1.44. The molecule has 2 aliphatic rings. The predicted octanol–water partition coefficient (Wildman–Crippen LogP) is 2.58. The predicted molar refractivity (Wildman–Crippen MR) is 110 cm³/mol. The summed E-state index contributed by atoms with van der Waals surface area (Å²) in [7, 11) is -1.97. The van der Waals surface area contributed by atoms with Gasteiger partial charge in [0.1, 0.15) is 17.2 Å². The minimum absolute atomic E-state index is 0.263. The molecule has 2 aliphatic heterocycles. The van der Waals surface area contributed by atoms with E-state index in [0.29, 0.717) is 37.5 Å². The molecule has 0 aromatic heterocycles. The first-order valence-electron chi connectivity index (χ1n) is 9.46. The van der Waals surface area contributed by atoms with Gasteiger partial charge in [-0.15, -0.1) is 0 Å². The van der Waals surface area contributed by atoms with Crippen molar-refractivity contribution in [3.8, 4) is 0 Å². The van der Waals surface area contributed by atoms with Crippen molar-refractivity contribution in [2.24, 2.45) is 4.99 Å². The number of aliphatic imine (C=N–C) groups is 1. The molecule has 0 atom stereocenters. The van der Waals surface area contributed by atoms with E-state index in [1.54, 1.807) is 23.9 Å². The lowest BCUT2D eigenvalue weighted by Crippen LogP contribution is -2.59. The van der Waals surface area contributed by atoms with Crippen molar-refractivity contribution in [2.75, 3.05) is 24.2 Å². The highest BCUT2D eigenvalue weighted by atomic mass is 28.3. The van der Waals surface area contributed by atoms with E-state index < -0.39 is 20.7 Å². The number of carbonyl (C=O) groups excluding carboxylic acids is 1. The lowest BCUT2D eigenvalue weighted by molar-refractivity contribution is 0.238. The summed E-state index contributed by atoms with van der Waals surface area (Å²) in [6.45, 7) is 9.75. The van der Waals surface area contributed by atoms with Crippen LogP contribution in [-0.2, 0) is 0 Å². The van der Waals surface area contributed by atoms with E-state index in [2.05, 4.69) is 25.0 Å². The maximum atomic E-state index is 13.8. The van der Waals surface area contributed by atoms with Crippen molar-refractivity contribution in [1.82, 2.24) is 10.1 Å². The van der Waals surface area contributed by atoms with Crippen LogP contribution in [0, 0.1) is 5.82 Å². The minimum Gasteiger partial charge on any atom is -0.437 e. The van der Waals surface area contributed by atoms with Crippen LogP contribution in [0.1, 0.15) is 12.8 Å². The van der Waals surface area contributed by atoms with E-state index in [1.165, 1.54) is 12.1 Å². The van der Waals surface area contributed by atoms with Crippen molar-refractivity contribution in [3.05, 3.63) is 30.1 Å². The number of amidine groups is 1. The molecule has 0 saturated carbocycles. The van der Waals surface area contributed by atoms with Crippen LogP contribution in [0.5, 0.6) is 0 Å². The molecule has 2 N–H and O–H groups in total. The van der Waals surface area contributed by atoms with Crippen molar-refractivity contribution < 1.29 is 14.2 Å². The average molecular weight is 390 g/mol. The van der Waals surface area contributed by atoms with Gasteiger partial charge in [0.25, 0.3) is 0 Å². The fraction of sp³-hybridized carbons (Fsp3) is 0.556. The lowest BCUT2D eigenvalue weighted by Gasteiger charge is -2.44. The Morgan fingerprint density at radius 2 is 2.00 bits per heavy atom. The number of piperidine rings is 1. The van der Waals surface area contributed by atoms with Crippen LogP contribution in [0.15, 0.2) is 29.3 Å². The van der Waals surface area contributed by atoms with Crippen LogP contribution < -0.4 is 10.2 Å². The second kappa shape index (κ2) is 7.37. The summed E-state index contributed by atoms with van der Waals surface area (Å²) in [5, 5.41) is 12.9. The van der Waals surface area contributed by atoms with Crippen LogP contribution >= 0.6 is 0 Å². The fourth-order valence-electron chi connectivity index (χ4n) is 3.78. The number of halogens is 1. The molecule has 0 radical (unpaired) electrons. The van der Waals surface area contributed by atoms with Gasteiger partial charge in [-0.3, -0.25) is 15.2 Å². The molecule has 146 valence electrons. The number of nitrogens with one attached hydrogen (secondary N) is 1. The van der Waals surface area contributed by atoms with Crippen LogP contribution in [0.4, 0.5) is 14.9 Å². The highest BCUT2D eigenvalue weighted by molar-refractivity contribution is 6.76. The summed E-state index contributed by atoms with van der Waals surface area (Å²) in [6, 6.07) is 5.88. The molecule has 1 spiro atoms. The number of nitrogens with zero attached hydrogens (tertiary/aromatic N) is 3. The molecule has 6 nitrogen and oxygen atoms in total. The Kier molecular flexibility index (Phi) is 5.47. The van der Waals surface area contributed by atoms with Crippen molar-refractivity contribution in [2.45, 2.75) is 44.8 Å². The van der Waals surface area contributed by atoms with Gasteiger partial charge in [-0.25, -0.2) is 9.18 Å². The molecular weight excluding hydrogens is 362 g/mol. The van der Waals surface area contributed by atoms with Gasteiger partial charge in [-0.2, -0.15) is 0 Å². The van der Waals surface area contributed by atoms with Crippen LogP contribution in [0.2, 0.25) is 26.5 Å². The topological polar surface area (TPSA) is 68.2 Å². The Balaban J connectivity index is 2.00. The summed E-state index contributed by atoms with van der Waals surface area (Å²) in [5.41, 5.74) is -0.0770. The normalized spacial score (nSPS) is 21.8. The Labute approximate surface area is 161 Å². The van der Waals surface area contributed by atoms with E-state index in [1.807, 2.05) is 4.81 Å². The maximum Gasteiger partial charge on any atom is 0.376 e. The number of urea groups is 1. The summed E-state index contributed by atoms with van der Waals surface area (Å²) in [6.07, 6.45) is 2.00. The molecule has 1 aromatic carbocycles. The second-order valence-corrected chi connectivity index (χ2v) is 14.1. The first-order valence-corrected chi connectivity index (χ1v) is 13.2. The third-order valence-electron chi connectivity index (χ3n) is 5.23. The number of rotatable bonds is 4. The second-order valence-electron chi connectivity index (χ2n) is 8.67. The molecule has 9 heteroatoms. The molecule has 27 heavy (non-hydrogen) atoms. The number of hydrogen-bond acceptors (Lipinski definition) is 4. The van der Waals surface area contributed by atoms with Crippen molar-refractivity contribution in [3.63, 3.8) is 0 Å². The monoisotopic (exact) mass is 390 g/mol. The van der Waals surface area contributed by atoms with Gasteiger partial charge in [0, 0.05) is 11.9 Å². The molecule has 2 heterocycles. The first-order chi connectivity index (χ1) is 12.6. The highest BCUT2D eigenvalue weighted by Crippen LogP contribution is 2.38. The van der Waals surface area contributed by atoms with Crippen molar-refractivity contribution >= 4 is 32.7 Å². The first kappa shape index (κ1) is 20.0. The van der Waals surface area contributed by atoms with Gasteiger partial charge < -0.3 is 9.83 Å². The van der Waals surface area contributed by atoms with Gasteiger partial charge in [0.15, 0.2) is 0 Å². The molecule has 2 amide bonds. The average Bonchev–Trinajstić information content (AvgIpc) is 2.84. The standard InChI is InChI=1S/C18H28BFN4O2Si/c1-19(26)23-10-8-18(9-11-23)16(21-13-27(2,3)4)22-17(25)24(18)15-7-5-6-14(20)12-15/h5-7,12,26H,8-11,13H2,1-4H3,(H,21,22,25). The summed E-state index contributed by atoms with van der Waals surface area (Å²) in [4.78, 5) is 21.3. The molecule has 2 saturated heterocycles. The van der Waals surface area contributed by atoms with Crippen LogP contribution in [-0.4, -0.2) is 61.6 Å². The summed E-state index contributed by atoms with van der Waals surface area (Å²) < 4.78 is 13.8. The molecule has 2 fully saturated rings. The molecular formula is C18H28BFN4O2Si. The van der Waals surface area contributed by atoms with E-state index in [4.69, 9.17) is 4.99 Å². The summed E-state index contributed by atoms with van der Waals surface area (Å²) in [5.74, 6) is 0.314. The zero-order chi connectivity index (χ0) is 19.8. The Morgan fingerprint density at radius 3 is 2.56 bits per heavy atom. The molecule has 0 aliphatic carbocycles. The third kappa shape index (κ3) is 4.10. The van der Waals surface area contributed by atoms with E-state index in [-0.39, 0.29) is 11.8 Å². The van der Waals surface area contributed by atoms with Gasteiger partial charge in [-0.05, 0) is 51.0 Å². The molecule has 3 rings (SSSR count). The molecule has 0 bridgehead atoms. The Morgan fingerprint density at radius 1 is 1.33 bits per heavy atom. The highest BCUT2D eigenvalue weighted by Gasteiger charge is 2.53. The zero-order valence-electron chi connectivity index (χ0n) is 16.5.